The van der Waals surface area contributed by atoms with Crippen LogP contribution in [0, 0.1) is 6.92 Å². The number of hydrogen-bond donors (Lipinski definition) is 2. The van der Waals surface area contributed by atoms with E-state index in [4.69, 9.17) is 0 Å². The second-order valence-electron chi connectivity index (χ2n) is 5.46. The number of amides is 1. The summed E-state index contributed by atoms with van der Waals surface area (Å²) in [4.78, 5) is 12.2. The minimum absolute atomic E-state index is 0.122. The number of fused-ring (bicyclic) bond motifs is 1. The Labute approximate surface area is 124 Å². The van der Waals surface area contributed by atoms with Crippen LogP contribution in [0.3, 0.4) is 0 Å². The van der Waals surface area contributed by atoms with Gasteiger partial charge in [-0.05, 0) is 37.1 Å². The molecule has 3 rings (SSSR count). The molecule has 0 fully saturated rings. The fourth-order valence-corrected chi connectivity index (χ4v) is 2.73. The van der Waals surface area contributed by atoms with Crippen molar-refractivity contribution in [1.29, 1.82) is 0 Å². The maximum absolute atomic E-state index is 12.2. The molecule has 1 aliphatic rings. The van der Waals surface area contributed by atoms with Gasteiger partial charge in [0.05, 0.1) is 0 Å². The van der Waals surface area contributed by atoms with Crippen LogP contribution in [0.4, 0.5) is 0 Å². The summed E-state index contributed by atoms with van der Waals surface area (Å²) in [6, 6.07) is 10.4. The maximum atomic E-state index is 12.2. The van der Waals surface area contributed by atoms with Crippen LogP contribution in [-0.2, 0) is 13.5 Å². The van der Waals surface area contributed by atoms with E-state index in [1.165, 1.54) is 11.1 Å². The lowest BCUT2D eigenvalue weighted by Gasteiger charge is -2.27. The molecule has 1 aromatic heterocycles. The highest BCUT2D eigenvalue weighted by atomic mass is 16.1. The first-order chi connectivity index (χ1) is 10.1. The third-order valence-corrected chi connectivity index (χ3v) is 4.03. The Morgan fingerprint density at radius 2 is 2.29 bits per heavy atom. The molecule has 0 bridgehead atoms. The summed E-state index contributed by atoms with van der Waals surface area (Å²) in [5.74, 6) is -0.122. The van der Waals surface area contributed by atoms with Crippen LogP contribution >= 0.6 is 0 Å². The summed E-state index contributed by atoms with van der Waals surface area (Å²) in [6.45, 7) is 3.45. The molecule has 21 heavy (non-hydrogen) atoms. The third kappa shape index (κ3) is 2.83. The Morgan fingerprint density at radius 1 is 1.48 bits per heavy atom. The molecule has 0 aliphatic carbocycles. The summed E-state index contributed by atoms with van der Waals surface area (Å²) in [6.07, 6.45) is 1.04. The van der Waals surface area contributed by atoms with E-state index in [0.717, 1.165) is 18.7 Å². The van der Waals surface area contributed by atoms with Gasteiger partial charge in [-0.15, -0.1) is 0 Å². The van der Waals surface area contributed by atoms with Gasteiger partial charge in [0.15, 0.2) is 0 Å². The van der Waals surface area contributed by atoms with Gasteiger partial charge in [0, 0.05) is 25.3 Å². The van der Waals surface area contributed by atoms with E-state index in [9.17, 15) is 4.79 Å². The van der Waals surface area contributed by atoms with Gasteiger partial charge < -0.3 is 10.6 Å². The molecule has 2 N–H and O–H groups in total. The van der Waals surface area contributed by atoms with Gasteiger partial charge in [-0.25, -0.2) is 0 Å². The molecule has 2 heterocycles. The molecule has 1 aromatic carbocycles. The molecular formula is C16H20N4O. The average molecular weight is 284 g/mol. The van der Waals surface area contributed by atoms with Crippen LogP contribution in [0.1, 0.15) is 33.4 Å². The van der Waals surface area contributed by atoms with E-state index in [-0.39, 0.29) is 11.9 Å². The summed E-state index contributed by atoms with van der Waals surface area (Å²) in [7, 11) is 1.84. The van der Waals surface area contributed by atoms with E-state index in [2.05, 4.69) is 33.9 Å². The van der Waals surface area contributed by atoms with Crippen molar-refractivity contribution >= 4 is 5.91 Å². The van der Waals surface area contributed by atoms with Crippen molar-refractivity contribution in [2.45, 2.75) is 19.4 Å². The van der Waals surface area contributed by atoms with Crippen LogP contribution in [0.5, 0.6) is 0 Å². The highest BCUT2D eigenvalue weighted by Gasteiger charge is 2.20. The summed E-state index contributed by atoms with van der Waals surface area (Å²) in [5, 5.41) is 10.6. The first-order valence-electron chi connectivity index (χ1n) is 7.25. The molecule has 0 radical (unpaired) electrons. The zero-order chi connectivity index (χ0) is 14.8. The molecule has 1 aliphatic heterocycles. The Hall–Kier alpha value is -2.14. The number of carbonyl (C=O) groups excluding carboxylic acids is 1. The number of hydrogen-bond acceptors (Lipinski definition) is 3. The largest absolute Gasteiger partial charge is 0.349 e. The van der Waals surface area contributed by atoms with Crippen LogP contribution in [-0.4, -0.2) is 28.8 Å². The van der Waals surface area contributed by atoms with Crippen LogP contribution < -0.4 is 10.6 Å². The van der Waals surface area contributed by atoms with Gasteiger partial charge in [-0.1, -0.05) is 24.3 Å². The maximum Gasteiger partial charge on any atom is 0.271 e. The lowest BCUT2D eigenvalue weighted by molar-refractivity contribution is 0.0943. The highest BCUT2D eigenvalue weighted by Crippen LogP contribution is 2.21. The van der Waals surface area contributed by atoms with Crippen molar-refractivity contribution in [3.8, 4) is 0 Å². The van der Waals surface area contributed by atoms with Gasteiger partial charge in [-0.3, -0.25) is 9.48 Å². The van der Waals surface area contributed by atoms with Gasteiger partial charge in [0.25, 0.3) is 5.91 Å². The molecule has 0 spiro atoms. The number of aryl methyl sites for hydroxylation is 2. The number of benzene rings is 1. The fraction of sp³-hybridized carbons (Fsp3) is 0.375. The molecular weight excluding hydrogens is 264 g/mol. The Morgan fingerprint density at radius 3 is 3.05 bits per heavy atom. The molecule has 110 valence electrons. The van der Waals surface area contributed by atoms with Gasteiger partial charge >= 0.3 is 0 Å². The topological polar surface area (TPSA) is 59.0 Å². The molecule has 1 unspecified atom stereocenters. The van der Waals surface area contributed by atoms with Crippen LogP contribution in [0.15, 0.2) is 30.3 Å². The number of nitrogens with one attached hydrogen (secondary N) is 2. The lowest BCUT2D eigenvalue weighted by Crippen LogP contribution is -2.39. The second kappa shape index (κ2) is 5.69. The minimum Gasteiger partial charge on any atom is -0.349 e. The van der Waals surface area contributed by atoms with Crippen molar-refractivity contribution in [3.63, 3.8) is 0 Å². The van der Waals surface area contributed by atoms with Gasteiger partial charge in [0.2, 0.25) is 0 Å². The van der Waals surface area contributed by atoms with Crippen LogP contribution in [0.2, 0.25) is 0 Å². The smallest absolute Gasteiger partial charge is 0.271 e. The summed E-state index contributed by atoms with van der Waals surface area (Å²) >= 11 is 0. The molecule has 2 aromatic rings. The van der Waals surface area contributed by atoms with Crippen molar-refractivity contribution < 1.29 is 4.79 Å². The number of carbonyl (C=O) groups is 1. The fourth-order valence-electron chi connectivity index (χ4n) is 2.73. The first kappa shape index (κ1) is 13.8. The third-order valence-electron chi connectivity index (χ3n) is 4.03. The lowest BCUT2D eigenvalue weighted by atomic mass is 9.94. The van der Waals surface area contributed by atoms with E-state index in [1.54, 1.807) is 10.7 Å². The predicted molar refractivity (Wildman–Crippen MR) is 81.2 cm³/mol. The van der Waals surface area contributed by atoms with Crippen molar-refractivity contribution in [1.82, 2.24) is 20.4 Å². The second-order valence-corrected chi connectivity index (χ2v) is 5.46. The van der Waals surface area contributed by atoms with E-state index in [1.807, 2.05) is 20.0 Å². The highest BCUT2D eigenvalue weighted by molar-refractivity contribution is 5.92. The van der Waals surface area contributed by atoms with Crippen LogP contribution in [0.25, 0.3) is 0 Å². The Kier molecular flexibility index (Phi) is 3.75. The van der Waals surface area contributed by atoms with Crippen molar-refractivity contribution in [3.05, 3.63) is 52.8 Å². The number of rotatable bonds is 3. The van der Waals surface area contributed by atoms with Gasteiger partial charge in [0.1, 0.15) is 5.69 Å². The van der Waals surface area contributed by atoms with Crippen molar-refractivity contribution in [2.24, 2.45) is 7.05 Å². The minimum atomic E-state index is -0.122. The molecule has 5 heteroatoms. The quantitative estimate of drug-likeness (QED) is 0.894. The molecule has 5 nitrogen and oxygen atoms in total. The predicted octanol–water partition coefficient (Wildman–Crippen LogP) is 1.35. The average Bonchev–Trinajstić information content (AvgIpc) is 2.84. The SMILES string of the molecule is Cc1cc(C(=O)NCC2NCCc3ccccc32)nn1C. The molecule has 1 atom stereocenters. The number of nitrogens with zero attached hydrogens (tertiary/aromatic N) is 2. The molecule has 1 amide bonds. The van der Waals surface area contributed by atoms with E-state index >= 15 is 0 Å². The standard InChI is InChI=1S/C16H20N4O/c1-11-9-14(19-20(11)2)16(21)18-10-15-13-6-4-3-5-12(13)7-8-17-15/h3-6,9,15,17H,7-8,10H2,1-2H3,(H,18,21). The number of aromatic nitrogens is 2. The van der Waals surface area contributed by atoms with E-state index in [0.29, 0.717) is 12.2 Å². The molecule has 0 saturated carbocycles. The zero-order valence-electron chi connectivity index (χ0n) is 12.4. The zero-order valence-corrected chi connectivity index (χ0v) is 12.4. The van der Waals surface area contributed by atoms with Gasteiger partial charge in [-0.2, -0.15) is 5.10 Å². The summed E-state index contributed by atoms with van der Waals surface area (Å²) in [5.41, 5.74) is 4.09. The Balaban J connectivity index is 1.67. The summed E-state index contributed by atoms with van der Waals surface area (Å²) < 4.78 is 1.71. The molecule has 0 saturated heterocycles. The Bertz CT molecular complexity index is 643. The monoisotopic (exact) mass is 284 g/mol. The normalized spacial score (nSPS) is 17.3. The first-order valence-corrected chi connectivity index (χ1v) is 7.25. The van der Waals surface area contributed by atoms with Crippen molar-refractivity contribution in [2.75, 3.05) is 13.1 Å². The van der Waals surface area contributed by atoms with E-state index < -0.39 is 0 Å².